The molecule has 1 amide bonds. The molecule has 15 heavy (non-hydrogen) atoms. The SMILES string of the molecule is Cc1cccc(NC(=O)C(C)C#N)c1C. The first-order valence-electron chi connectivity index (χ1n) is 4.83. The van der Waals surface area contributed by atoms with Gasteiger partial charge >= 0.3 is 0 Å². The molecule has 0 heterocycles. The lowest BCUT2D eigenvalue weighted by molar-refractivity contribution is -0.117. The summed E-state index contributed by atoms with van der Waals surface area (Å²) in [4.78, 5) is 11.5. The Labute approximate surface area is 89.7 Å². The number of nitrogens with zero attached hydrogens (tertiary/aromatic N) is 1. The second-order valence-electron chi connectivity index (χ2n) is 3.59. The second-order valence-corrected chi connectivity index (χ2v) is 3.59. The van der Waals surface area contributed by atoms with Gasteiger partial charge in [0, 0.05) is 5.69 Å². The fourth-order valence-corrected chi connectivity index (χ4v) is 1.19. The van der Waals surface area contributed by atoms with Crippen molar-refractivity contribution < 1.29 is 4.79 Å². The average Bonchev–Trinajstić information content (AvgIpc) is 2.23. The molecule has 1 aromatic carbocycles. The van der Waals surface area contributed by atoms with Gasteiger partial charge < -0.3 is 5.32 Å². The van der Waals surface area contributed by atoms with E-state index in [-0.39, 0.29) is 5.91 Å². The highest BCUT2D eigenvalue weighted by Crippen LogP contribution is 2.18. The summed E-state index contributed by atoms with van der Waals surface area (Å²) in [6.45, 7) is 5.52. The van der Waals surface area contributed by atoms with Gasteiger partial charge in [0.2, 0.25) is 5.91 Å². The number of aryl methyl sites for hydroxylation is 1. The Kier molecular flexibility index (Phi) is 3.46. The zero-order valence-corrected chi connectivity index (χ0v) is 9.16. The van der Waals surface area contributed by atoms with E-state index in [0.717, 1.165) is 16.8 Å². The Morgan fingerprint density at radius 2 is 2.13 bits per heavy atom. The van der Waals surface area contributed by atoms with Crippen LogP contribution in [0.1, 0.15) is 18.1 Å². The lowest BCUT2D eigenvalue weighted by atomic mass is 10.1. The molecule has 0 spiro atoms. The van der Waals surface area contributed by atoms with Crippen LogP contribution in [-0.4, -0.2) is 5.91 Å². The molecule has 0 saturated carbocycles. The Morgan fingerprint density at radius 1 is 1.47 bits per heavy atom. The van der Waals surface area contributed by atoms with Crippen molar-refractivity contribution in [3.05, 3.63) is 29.3 Å². The average molecular weight is 202 g/mol. The summed E-state index contributed by atoms with van der Waals surface area (Å²) >= 11 is 0. The molecule has 1 atom stereocenters. The largest absolute Gasteiger partial charge is 0.325 e. The van der Waals surface area contributed by atoms with Crippen molar-refractivity contribution in [2.24, 2.45) is 5.92 Å². The second kappa shape index (κ2) is 4.61. The molecule has 1 aromatic rings. The Bertz CT molecular complexity index is 418. The molecule has 0 aliphatic rings. The summed E-state index contributed by atoms with van der Waals surface area (Å²) in [7, 11) is 0. The molecule has 1 N–H and O–H groups in total. The van der Waals surface area contributed by atoms with E-state index in [9.17, 15) is 4.79 Å². The van der Waals surface area contributed by atoms with Gasteiger partial charge in [-0.15, -0.1) is 0 Å². The van der Waals surface area contributed by atoms with Crippen LogP contribution in [0.5, 0.6) is 0 Å². The Morgan fingerprint density at radius 3 is 2.73 bits per heavy atom. The highest BCUT2D eigenvalue weighted by molar-refractivity contribution is 5.94. The standard InChI is InChI=1S/C12H14N2O/c1-8-5-4-6-11(10(8)3)14-12(15)9(2)7-13/h4-6,9H,1-3H3,(H,14,15). The third-order valence-electron chi connectivity index (χ3n) is 2.45. The van der Waals surface area contributed by atoms with Crippen LogP contribution in [0.3, 0.4) is 0 Å². The number of rotatable bonds is 2. The number of carbonyl (C=O) groups is 1. The van der Waals surface area contributed by atoms with Crippen LogP contribution in [0.4, 0.5) is 5.69 Å². The van der Waals surface area contributed by atoms with Gasteiger partial charge in [0.05, 0.1) is 6.07 Å². The number of benzene rings is 1. The molecule has 1 unspecified atom stereocenters. The number of carbonyl (C=O) groups excluding carboxylic acids is 1. The molecule has 0 aliphatic carbocycles. The summed E-state index contributed by atoms with van der Waals surface area (Å²) in [6.07, 6.45) is 0. The molecule has 0 bridgehead atoms. The van der Waals surface area contributed by atoms with Crippen molar-refractivity contribution >= 4 is 11.6 Å². The van der Waals surface area contributed by atoms with E-state index in [1.807, 2.05) is 38.1 Å². The minimum atomic E-state index is -0.620. The van der Waals surface area contributed by atoms with Gasteiger partial charge in [-0.25, -0.2) is 0 Å². The number of anilines is 1. The lowest BCUT2D eigenvalue weighted by Crippen LogP contribution is -2.19. The first-order chi connectivity index (χ1) is 7.06. The normalized spacial score (nSPS) is 11.6. The van der Waals surface area contributed by atoms with E-state index in [2.05, 4.69) is 5.32 Å². The third kappa shape index (κ3) is 2.57. The van der Waals surface area contributed by atoms with Crippen molar-refractivity contribution in [2.45, 2.75) is 20.8 Å². The van der Waals surface area contributed by atoms with Crippen molar-refractivity contribution in [3.63, 3.8) is 0 Å². The minimum Gasteiger partial charge on any atom is -0.325 e. The maximum absolute atomic E-state index is 11.5. The highest BCUT2D eigenvalue weighted by atomic mass is 16.1. The van der Waals surface area contributed by atoms with E-state index in [1.165, 1.54) is 0 Å². The van der Waals surface area contributed by atoms with Crippen LogP contribution in [0.25, 0.3) is 0 Å². The molecular weight excluding hydrogens is 188 g/mol. The molecule has 0 radical (unpaired) electrons. The first-order valence-corrected chi connectivity index (χ1v) is 4.83. The van der Waals surface area contributed by atoms with Gasteiger partial charge in [-0.05, 0) is 38.0 Å². The summed E-state index contributed by atoms with van der Waals surface area (Å²) < 4.78 is 0. The highest BCUT2D eigenvalue weighted by Gasteiger charge is 2.12. The third-order valence-corrected chi connectivity index (χ3v) is 2.45. The monoisotopic (exact) mass is 202 g/mol. The number of hydrogen-bond acceptors (Lipinski definition) is 2. The van der Waals surface area contributed by atoms with Gasteiger partial charge in [-0.3, -0.25) is 4.79 Å². The number of nitriles is 1. The van der Waals surface area contributed by atoms with Gasteiger partial charge in [0.1, 0.15) is 5.92 Å². The van der Waals surface area contributed by atoms with Crippen LogP contribution in [0.2, 0.25) is 0 Å². The molecule has 3 nitrogen and oxygen atoms in total. The summed E-state index contributed by atoms with van der Waals surface area (Å²) in [5.41, 5.74) is 2.94. The van der Waals surface area contributed by atoms with Crippen LogP contribution in [0, 0.1) is 31.1 Å². The number of nitrogens with one attached hydrogen (secondary N) is 1. The summed E-state index contributed by atoms with van der Waals surface area (Å²) in [5, 5.41) is 11.3. The molecular formula is C12H14N2O. The van der Waals surface area contributed by atoms with E-state index in [1.54, 1.807) is 6.92 Å². The zero-order chi connectivity index (χ0) is 11.4. The number of hydrogen-bond donors (Lipinski definition) is 1. The predicted octanol–water partition coefficient (Wildman–Crippen LogP) is 2.40. The van der Waals surface area contributed by atoms with Crippen molar-refractivity contribution in [1.29, 1.82) is 5.26 Å². The van der Waals surface area contributed by atoms with E-state index in [0.29, 0.717) is 0 Å². The molecule has 0 aliphatic heterocycles. The minimum absolute atomic E-state index is 0.258. The van der Waals surface area contributed by atoms with Gasteiger partial charge in [0.15, 0.2) is 0 Å². The smallest absolute Gasteiger partial charge is 0.241 e. The van der Waals surface area contributed by atoms with Gasteiger partial charge in [-0.1, -0.05) is 12.1 Å². The maximum Gasteiger partial charge on any atom is 0.241 e. The van der Waals surface area contributed by atoms with Crippen LogP contribution >= 0.6 is 0 Å². The summed E-state index contributed by atoms with van der Waals surface area (Å²) in [5.74, 6) is -0.879. The van der Waals surface area contributed by atoms with E-state index in [4.69, 9.17) is 5.26 Å². The molecule has 0 saturated heterocycles. The Balaban J connectivity index is 2.87. The van der Waals surface area contributed by atoms with Gasteiger partial charge in [-0.2, -0.15) is 5.26 Å². The topological polar surface area (TPSA) is 52.9 Å². The fraction of sp³-hybridized carbons (Fsp3) is 0.333. The quantitative estimate of drug-likeness (QED) is 0.800. The molecule has 3 heteroatoms. The van der Waals surface area contributed by atoms with Crippen molar-refractivity contribution in [1.82, 2.24) is 0 Å². The first kappa shape index (κ1) is 11.3. The van der Waals surface area contributed by atoms with E-state index >= 15 is 0 Å². The predicted molar refractivity (Wildman–Crippen MR) is 59.3 cm³/mol. The number of amides is 1. The molecule has 0 fully saturated rings. The van der Waals surface area contributed by atoms with Crippen LogP contribution < -0.4 is 5.32 Å². The fourth-order valence-electron chi connectivity index (χ4n) is 1.19. The van der Waals surface area contributed by atoms with Crippen LogP contribution in [-0.2, 0) is 4.79 Å². The van der Waals surface area contributed by atoms with Crippen molar-refractivity contribution in [2.75, 3.05) is 5.32 Å². The lowest BCUT2D eigenvalue weighted by Gasteiger charge is -2.10. The van der Waals surface area contributed by atoms with Crippen LogP contribution in [0.15, 0.2) is 18.2 Å². The van der Waals surface area contributed by atoms with E-state index < -0.39 is 5.92 Å². The zero-order valence-electron chi connectivity index (χ0n) is 9.16. The molecule has 1 rings (SSSR count). The summed E-state index contributed by atoms with van der Waals surface area (Å²) in [6, 6.07) is 7.61. The van der Waals surface area contributed by atoms with Gasteiger partial charge in [0.25, 0.3) is 0 Å². The maximum atomic E-state index is 11.5. The molecule has 0 aromatic heterocycles. The van der Waals surface area contributed by atoms with Crippen molar-refractivity contribution in [3.8, 4) is 6.07 Å². The Hall–Kier alpha value is -1.82. The molecule has 78 valence electrons.